The lowest BCUT2D eigenvalue weighted by Crippen LogP contribution is -2.21. The summed E-state index contributed by atoms with van der Waals surface area (Å²) < 4.78 is 0. The minimum atomic E-state index is -0.583. The monoisotopic (exact) mass is 284 g/mol. The van der Waals surface area contributed by atoms with Crippen molar-refractivity contribution in [2.24, 2.45) is 11.8 Å². The molecule has 4 heteroatoms. The summed E-state index contributed by atoms with van der Waals surface area (Å²) in [4.78, 5) is 10.5. The number of aliphatic hydroxyl groups is 3. The maximum absolute atomic E-state index is 10.5. The highest BCUT2D eigenvalue weighted by Gasteiger charge is 2.39. The van der Waals surface area contributed by atoms with Gasteiger partial charge >= 0.3 is 0 Å². The molecule has 0 heterocycles. The van der Waals surface area contributed by atoms with E-state index in [9.17, 15) is 20.1 Å². The number of hydrogen-bond donors (Lipinski definition) is 3. The zero-order chi connectivity index (χ0) is 15.0. The van der Waals surface area contributed by atoms with Gasteiger partial charge in [0.2, 0.25) is 0 Å². The van der Waals surface area contributed by atoms with Crippen LogP contribution in [0.4, 0.5) is 0 Å². The van der Waals surface area contributed by atoms with Crippen molar-refractivity contribution < 1.29 is 20.1 Å². The zero-order valence-electron chi connectivity index (χ0n) is 12.3. The molecule has 1 aliphatic carbocycles. The number of rotatable bonds is 9. The average molecular weight is 284 g/mol. The highest BCUT2D eigenvalue weighted by molar-refractivity contribution is 5.49. The van der Waals surface area contributed by atoms with Crippen molar-refractivity contribution in [3.05, 3.63) is 12.2 Å². The maximum atomic E-state index is 10.5. The molecule has 3 N–H and O–H groups in total. The largest absolute Gasteiger partial charge is 0.393 e. The molecule has 1 rings (SSSR count). The molecule has 0 saturated heterocycles. The van der Waals surface area contributed by atoms with E-state index in [2.05, 4.69) is 6.92 Å². The van der Waals surface area contributed by atoms with E-state index in [1.807, 2.05) is 6.08 Å². The Morgan fingerprint density at radius 1 is 1.25 bits per heavy atom. The minimum absolute atomic E-state index is 0.0886. The fraction of sp³-hybridized carbons (Fsp3) is 0.812. The minimum Gasteiger partial charge on any atom is -0.393 e. The number of unbranched alkanes of at least 4 members (excludes halogenated alkanes) is 2. The molecule has 1 fully saturated rings. The number of aldehydes is 1. The summed E-state index contributed by atoms with van der Waals surface area (Å²) in [5.74, 6) is -0.250. The third kappa shape index (κ3) is 5.35. The molecule has 0 aromatic rings. The standard InChI is InChI=1S/C16H28O4/c1-2-3-4-6-12(18)8-9-14-13(7-5-10-17)15(19)11-16(14)20/h8-10,12-16,18-20H,2-7,11H2,1H3/t12-,13-,14-,15+,16-/m0/s1. The van der Waals surface area contributed by atoms with Crippen molar-refractivity contribution in [3.8, 4) is 0 Å². The van der Waals surface area contributed by atoms with Gasteiger partial charge in [-0.1, -0.05) is 38.3 Å². The third-order valence-electron chi connectivity index (χ3n) is 4.19. The molecule has 4 nitrogen and oxygen atoms in total. The molecule has 0 spiro atoms. The van der Waals surface area contributed by atoms with Crippen LogP contribution in [-0.4, -0.2) is 39.9 Å². The third-order valence-corrected chi connectivity index (χ3v) is 4.19. The fourth-order valence-electron chi connectivity index (χ4n) is 2.99. The van der Waals surface area contributed by atoms with E-state index >= 15 is 0 Å². The molecule has 0 unspecified atom stereocenters. The van der Waals surface area contributed by atoms with E-state index < -0.39 is 18.3 Å². The maximum Gasteiger partial charge on any atom is 0.120 e. The van der Waals surface area contributed by atoms with Crippen LogP contribution in [0.25, 0.3) is 0 Å². The lowest BCUT2D eigenvalue weighted by atomic mass is 9.89. The zero-order valence-corrected chi connectivity index (χ0v) is 12.3. The predicted molar refractivity (Wildman–Crippen MR) is 78.2 cm³/mol. The molecule has 1 aliphatic rings. The molecule has 0 bridgehead atoms. The predicted octanol–water partition coefficient (Wildman–Crippen LogP) is 1.82. The van der Waals surface area contributed by atoms with Crippen LogP contribution in [0.3, 0.4) is 0 Å². The Kier molecular flexibility index (Phi) is 8.04. The molecule has 1 saturated carbocycles. The Labute approximate surface area is 121 Å². The van der Waals surface area contributed by atoms with Crippen LogP contribution >= 0.6 is 0 Å². The van der Waals surface area contributed by atoms with Gasteiger partial charge in [-0.25, -0.2) is 0 Å². The molecule has 20 heavy (non-hydrogen) atoms. The second kappa shape index (κ2) is 9.27. The molecule has 0 radical (unpaired) electrons. The van der Waals surface area contributed by atoms with Crippen LogP contribution in [0, 0.1) is 11.8 Å². The Hall–Kier alpha value is -0.710. The highest BCUT2D eigenvalue weighted by atomic mass is 16.3. The van der Waals surface area contributed by atoms with Gasteiger partial charge in [0, 0.05) is 18.8 Å². The van der Waals surface area contributed by atoms with Gasteiger partial charge in [-0.15, -0.1) is 0 Å². The van der Waals surface area contributed by atoms with Crippen molar-refractivity contribution in [2.75, 3.05) is 0 Å². The lowest BCUT2D eigenvalue weighted by Gasteiger charge is -2.20. The lowest BCUT2D eigenvalue weighted by molar-refractivity contribution is -0.108. The Morgan fingerprint density at radius 2 is 2.00 bits per heavy atom. The first kappa shape index (κ1) is 17.3. The van der Waals surface area contributed by atoms with Gasteiger partial charge in [-0.05, 0) is 18.8 Å². The normalized spacial score (nSPS) is 31.8. The molecule has 116 valence electrons. The van der Waals surface area contributed by atoms with Gasteiger partial charge in [-0.2, -0.15) is 0 Å². The second-order valence-electron chi connectivity index (χ2n) is 5.80. The molecule has 0 aromatic heterocycles. The molecule has 0 aromatic carbocycles. The van der Waals surface area contributed by atoms with Crippen molar-refractivity contribution in [3.63, 3.8) is 0 Å². The second-order valence-corrected chi connectivity index (χ2v) is 5.80. The van der Waals surface area contributed by atoms with E-state index in [4.69, 9.17) is 0 Å². The summed E-state index contributed by atoms with van der Waals surface area (Å²) in [5.41, 5.74) is 0. The van der Waals surface area contributed by atoms with E-state index in [0.717, 1.165) is 32.0 Å². The summed E-state index contributed by atoms with van der Waals surface area (Å²) in [5, 5.41) is 29.8. The van der Waals surface area contributed by atoms with Crippen LogP contribution in [0.2, 0.25) is 0 Å². The first-order chi connectivity index (χ1) is 9.60. The van der Waals surface area contributed by atoms with Gasteiger partial charge in [0.05, 0.1) is 18.3 Å². The summed E-state index contributed by atoms with van der Waals surface area (Å²) in [7, 11) is 0. The first-order valence-corrected chi connectivity index (χ1v) is 7.76. The Morgan fingerprint density at radius 3 is 2.65 bits per heavy atom. The van der Waals surface area contributed by atoms with Crippen molar-refractivity contribution in [1.82, 2.24) is 0 Å². The molecule has 0 amide bonds. The molecule has 0 aliphatic heterocycles. The number of aliphatic hydroxyl groups excluding tert-OH is 3. The van der Waals surface area contributed by atoms with Crippen molar-refractivity contribution in [1.29, 1.82) is 0 Å². The van der Waals surface area contributed by atoms with E-state index in [1.165, 1.54) is 0 Å². The summed E-state index contributed by atoms with van der Waals surface area (Å²) in [6.07, 6.45) is 8.07. The quantitative estimate of drug-likeness (QED) is 0.343. The Bertz CT molecular complexity index is 303. The van der Waals surface area contributed by atoms with Gasteiger partial charge < -0.3 is 20.1 Å². The topological polar surface area (TPSA) is 77.8 Å². The molecular formula is C16H28O4. The van der Waals surface area contributed by atoms with Crippen LogP contribution in [-0.2, 0) is 4.79 Å². The fourth-order valence-corrected chi connectivity index (χ4v) is 2.99. The SMILES string of the molecule is CCCCC[C@H](O)C=C[C@H]1[C@H](CCC=O)[C@H](O)C[C@@H]1O. The smallest absolute Gasteiger partial charge is 0.120 e. The van der Waals surface area contributed by atoms with Crippen LogP contribution < -0.4 is 0 Å². The van der Waals surface area contributed by atoms with Crippen molar-refractivity contribution in [2.45, 2.75) is 70.2 Å². The summed E-state index contributed by atoms with van der Waals surface area (Å²) in [6.45, 7) is 2.12. The molecule has 5 atom stereocenters. The van der Waals surface area contributed by atoms with Crippen molar-refractivity contribution >= 4 is 6.29 Å². The first-order valence-electron chi connectivity index (χ1n) is 7.76. The van der Waals surface area contributed by atoms with Gasteiger partial charge in [0.15, 0.2) is 0 Å². The molecular weight excluding hydrogens is 256 g/mol. The van der Waals surface area contributed by atoms with Crippen LogP contribution in [0.1, 0.15) is 51.9 Å². The Balaban J connectivity index is 2.50. The number of carbonyl (C=O) groups is 1. The number of hydrogen-bond acceptors (Lipinski definition) is 4. The van der Waals surface area contributed by atoms with E-state index in [1.54, 1.807) is 6.08 Å². The van der Waals surface area contributed by atoms with E-state index in [-0.39, 0.29) is 11.8 Å². The van der Waals surface area contributed by atoms with Crippen LogP contribution in [0.5, 0.6) is 0 Å². The average Bonchev–Trinajstić information content (AvgIpc) is 2.68. The van der Waals surface area contributed by atoms with E-state index in [0.29, 0.717) is 19.3 Å². The van der Waals surface area contributed by atoms with Gasteiger partial charge in [0.25, 0.3) is 0 Å². The van der Waals surface area contributed by atoms with Crippen LogP contribution in [0.15, 0.2) is 12.2 Å². The summed E-state index contributed by atoms with van der Waals surface area (Å²) in [6, 6.07) is 0. The highest BCUT2D eigenvalue weighted by Crippen LogP contribution is 2.36. The van der Waals surface area contributed by atoms with Gasteiger partial charge in [-0.3, -0.25) is 0 Å². The van der Waals surface area contributed by atoms with Gasteiger partial charge in [0.1, 0.15) is 6.29 Å². The summed E-state index contributed by atoms with van der Waals surface area (Å²) >= 11 is 0. The number of carbonyl (C=O) groups excluding carboxylic acids is 1.